The first-order valence-electron chi connectivity index (χ1n) is 6.22. The van der Waals surface area contributed by atoms with Crippen molar-refractivity contribution in [3.8, 4) is 5.75 Å². The van der Waals surface area contributed by atoms with E-state index in [1.54, 1.807) is 6.26 Å². The highest BCUT2D eigenvalue weighted by Crippen LogP contribution is 2.33. The molecule has 6 nitrogen and oxygen atoms in total. The molecule has 1 heterocycles. The Kier molecular flexibility index (Phi) is 4.92. The van der Waals surface area contributed by atoms with Crippen molar-refractivity contribution in [1.82, 2.24) is 5.32 Å². The zero-order valence-electron chi connectivity index (χ0n) is 11.4. The Morgan fingerprint density at radius 2 is 2.23 bits per heavy atom. The number of carbonyl (C=O) groups is 2. The summed E-state index contributed by atoms with van der Waals surface area (Å²) in [6.07, 6.45) is 1.65. The lowest BCUT2D eigenvalue weighted by Crippen LogP contribution is -2.53. The Balaban J connectivity index is 2.34. The van der Waals surface area contributed by atoms with E-state index in [-0.39, 0.29) is 23.6 Å². The summed E-state index contributed by atoms with van der Waals surface area (Å²) in [6.45, 7) is 0. The molecule has 0 radical (unpaired) electrons. The lowest BCUT2D eigenvalue weighted by Gasteiger charge is -2.29. The summed E-state index contributed by atoms with van der Waals surface area (Å²) in [7, 11) is -1.55. The van der Waals surface area contributed by atoms with Gasteiger partial charge in [0.2, 0.25) is 5.91 Å². The third-order valence-corrected chi connectivity index (χ3v) is 3.66. The third-order valence-electron chi connectivity index (χ3n) is 3.11. The average molecular weight is 331 g/mol. The maximum Gasteiger partial charge on any atom is 0.547 e. The molecule has 0 bridgehead atoms. The number of aromatic carboxylic acids is 1. The van der Waals surface area contributed by atoms with Crippen LogP contribution in [0.1, 0.15) is 15.9 Å². The zero-order chi connectivity index (χ0) is 16.4. The fraction of sp³-hybridized carbons (Fsp3) is 0.333. The van der Waals surface area contributed by atoms with Crippen molar-refractivity contribution in [2.75, 3.05) is 12.0 Å². The van der Waals surface area contributed by atoms with E-state index in [1.807, 2.05) is 0 Å². The van der Waals surface area contributed by atoms with E-state index in [1.165, 1.54) is 11.8 Å². The van der Waals surface area contributed by atoms with E-state index in [9.17, 15) is 23.4 Å². The van der Waals surface area contributed by atoms with Gasteiger partial charge in [-0.2, -0.15) is 11.8 Å². The molecule has 1 amide bonds. The van der Waals surface area contributed by atoms with Crippen LogP contribution in [0.3, 0.4) is 0 Å². The minimum Gasteiger partial charge on any atom is -0.534 e. The first-order valence-corrected chi connectivity index (χ1v) is 7.61. The molecule has 118 valence electrons. The second-order valence-electron chi connectivity index (χ2n) is 4.66. The number of thioether (sulfide) groups is 1. The van der Waals surface area contributed by atoms with E-state index >= 15 is 0 Å². The Labute approximate surface area is 129 Å². The van der Waals surface area contributed by atoms with Crippen molar-refractivity contribution in [3.63, 3.8) is 0 Å². The average Bonchev–Trinajstić information content (AvgIpc) is 2.42. The van der Waals surface area contributed by atoms with Gasteiger partial charge in [-0.25, -0.2) is 13.6 Å². The normalized spacial score (nSPS) is 16.7. The SMILES string of the molecule is CSCC(=O)N[C@H]1Cc2cc(F)c(F)c(C(=O)O)c2OB1O. The number of carbonyl (C=O) groups excluding carboxylic acids is 1. The van der Waals surface area contributed by atoms with Crippen LogP contribution >= 0.6 is 11.8 Å². The number of benzene rings is 1. The molecule has 1 aromatic rings. The standard InChI is InChI=1S/C12H12BF2NO5S/c1-22-4-8(17)16-7-3-5-2-6(14)10(15)9(12(18)19)11(5)21-13(7)20/h2,7,20H,3-4H2,1H3,(H,16,17)(H,18,19)/t7-/m0/s1. The first-order chi connectivity index (χ1) is 10.3. The van der Waals surface area contributed by atoms with Gasteiger partial charge in [0.25, 0.3) is 0 Å². The molecule has 0 aliphatic carbocycles. The molecule has 0 unspecified atom stereocenters. The number of carboxylic acid groups (broad SMARTS) is 1. The van der Waals surface area contributed by atoms with Crippen LogP contribution in [0.15, 0.2) is 6.07 Å². The summed E-state index contributed by atoms with van der Waals surface area (Å²) < 4.78 is 32.1. The maximum absolute atomic E-state index is 13.6. The molecule has 3 N–H and O–H groups in total. The second kappa shape index (κ2) is 6.53. The van der Waals surface area contributed by atoms with Gasteiger partial charge in [0.05, 0.1) is 11.7 Å². The molecule has 0 saturated carbocycles. The van der Waals surface area contributed by atoms with E-state index in [4.69, 9.17) is 9.76 Å². The van der Waals surface area contributed by atoms with Crippen LogP contribution in [0.5, 0.6) is 5.75 Å². The third kappa shape index (κ3) is 3.17. The number of amides is 1. The van der Waals surface area contributed by atoms with E-state index in [0.29, 0.717) is 0 Å². The number of rotatable bonds is 4. The maximum atomic E-state index is 13.6. The van der Waals surface area contributed by atoms with Crippen molar-refractivity contribution in [1.29, 1.82) is 0 Å². The van der Waals surface area contributed by atoms with Crippen LogP contribution in [0.2, 0.25) is 0 Å². The van der Waals surface area contributed by atoms with Gasteiger partial charge in [0.1, 0.15) is 11.3 Å². The number of hydrogen-bond acceptors (Lipinski definition) is 5. The Bertz CT molecular complexity index is 630. The zero-order valence-corrected chi connectivity index (χ0v) is 12.2. The van der Waals surface area contributed by atoms with Gasteiger partial charge in [-0.15, -0.1) is 0 Å². The lowest BCUT2D eigenvalue weighted by molar-refractivity contribution is -0.118. The minimum atomic E-state index is -1.70. The van der Waals surface area contributed by atoms with Crippen molar-refractivity contribution in [2.24, 2.45) is 0 Å². The summed E-state index contributed by atoms with van der Waals surface area (Å²) >= 11 is 1.27. The van der Waals surface area contributed by atoms with E-state index < -0.39 is 42.0 Å². The van der Waals surface area contributed by atoms with Gasteiger partial charge >= 0.3 is 13.1 Å². The minimum absolute atomic E-state index is 0.0658. The number of fused-ring (bicyclic) bond motifs is 1. The Morgan fingerprint density at radius 3 is 2.82 bits per heavy atom. The molecular weight excluding hydrogens is 319 g/mol. The first kappa shape index (κ1) is 16.6. The molecular formula is C12H12BF2NO5S. The predicted octanol–water partition coefficient (Wildman–Crippen LogP) is 0.465. The number of nitrogens with one attached hydrogen (secondary N) is 1. The molecule has 1 aliphatic heterocycles. The second-order valence-corrected chi connectivity index (χ2v) is 5.53. The van der Waals surface area contributed by atoms with Gasteiger partial charge in [-0.1, -0.05) is 0 Å². The van der Waals surface area contributed by atoms with Crippen LogP contribution in [0.4, 0.5) is 8.78 Å². The van der Waals surface area contributed by atoms with Gasteiger partial charge in [-0.05, 0) is 24.3 Å². The highest BCUT2D eigenvalue weighted by Gasteiger charge is 2.39. The van der Waals surface area contributed by atoms with Gasteiger partial charge < -0.3 is 20.1 Å². The number of hydrogen-bond donors (Lipinski definition) is 3. The largest absolute Gasteiger partial charge is 0.547 e. The number of carboxylic acids is 1. The van der Waals surface area contributed by atoms with Crippen LogP contribution in [0, 0.1) is 11.6 Å². The summed E-state index contributed by atoms with van der Waals surface area (Å²) in [5, 5.41) is 21.3. The summed E-state index contributed by atoms with van der Waals surface area (Å²) in [5.74, 6) is -6.08. The summed E-state index contributed by atoms with van der Waals surface area (Å²) in [5.41, 5.74) is -0.904. The van der Waals surface area contributed by atoms with E-state index in [2.05, 4.69) is 5.32 Å². The summed E-state index contributed by atoms with van der Waals surface area (Å²) in [4.78, 5) is 22.6. The fourth-order valence-electron chi connectivity index (χ4n) is 2.18. The van der Waals surface area contributed by atoms with Gasteiger partial charge in [-0.3, -0.25) is 4.79 Å². The lowest BCUT2D eigenvalue weighted by atomic mass is 9.72. The Hall–Kier alpha value is -1.81. The van der Waals surface area contributed by atoms with Crippen LogP contribution in [-0.4, -0.2) is 47.1 Å². The van der Waals surface area contributed by atoms with E-state index in [0.717, 1.165) is 6.07 Å². The topological polar surface area (TPSA) is 95.9 Å². The fourth-order valence-corrected chi connectivity index (χ4v) is 2.53. The molecule has 0 saturated heterocycles. The molecule has 0 fully saturated rings. The van der Waals surface area contributed by atoms with Crippen molar-refractivity contribution in [3.05, 3.63) is 28.8 Å². The monoisotopic (exact) mass is 331 g/mol. The molecule has 2 rings (SSSR count). The van der Waals surface area contributed by atoms with Crippen molar-refractivity contribution < 1.29 is 33.2 Å². The van der Waals surface area contributed by atoms with Crippen LogP contribution in [-0.2, 0) is 11.2 Å². The molecule has 1 atom stereocenters. The molecule has 0 spiro atoms. The van der Waals surface area contributed by atoms with Gasteiger partial charge in [0.15, 0.2) is 11.6 Å². The molecule has 22 heavy (non-hydrogen) atoms. The van der Waals surface area contributed by atoms with Crippen LogP contribution in [0.25, 0.3) is 0 Å². The molecule has 0 aromatic heterocycles. The van der Waals surface area contributed by atoms with Crippen LogP contribution < -0.4 is 9.97 Å². The highest BCUT2D eigenvalue weighted by molar-refractivity contribution is 7.99. The Morgan fingerprint density at radius 1 is 1.55 bits per heavy atom. The molecule has 1 aromatic carbocycles. The van der Waals surface area contributed by atoms with Gasteiger partial charge in [0, 0.05) is 0 Å². The quantitative estimate of drug-likeness (QED) is 0.694. The number of halogens is 2. The molecule has 1 aliphatic rings. The smallest absolute Gasteiger partial charge is 0.534 e. The predicted molar refractivity (Wildman–Crippen MR) is 75.9 cm³/mol. The molecule has 10 heteroatoms. The van der Waals surface area contributed by atoms with Crippen molar-refractivity contribution in [2.45, 2.75) is 12.4 Å². The van der Waals surface area contributed by atoms with Crippen molar-refractivity contribution >= 4 is 30.8 Å². The summed E-state index contributed by atoms with van der Waals surface area (Å²) in [6, 6.07) is 0.802. The highest BCUT2D eigenvalue weighted by atomic mass is 32.2.